The van der Waals surface area contributed by atoms with Crippen molar-refractivity contribution in [2.75, 3.05) is 10.6 Å². The third-order valence-electron chi connectivity index (χ3n) is 3.47. The topological polar surface area (TPSA) is 101 Å². The lowest BCUT2D eigenvalue weighted by atomic mass is 10.2. The number of carbonyl (C=O) groups is 2. The molecule has 0 atom stereocenters. The highest BCUT2D eigenvalue weighted by Crippen LogP contribution is 2.26. The maximum Gasteiger partial charge on any atom is 0.269 e. The lowest BCUT2D eigenvalue weighted by molar-refractivity contribution is -0.384. The van der Waals surface area contributed by atoms with Crippen LogP contribution in [0.3, 0.4) is 0 Å². The monoisotopic (exact) mass is 387 g/mol. The predicted octanol–water partition coefficient (Wildman–Crippen LogP) is 4.53. The SMILES string of the molecule is Cc1cc(C(=O)Nc2sccc2C(=O)Nc2ccc([N+](=O)[O-])cc2)cs1. The molecule has 26 heavy (non-hydrogen) atoms. The van der Waals surface area contributed by atoms with Crippen LogP contribution in [0.1, 0.15) is 25.6 Å². The first-order valence-corrected chi connectivity index (χ1v) is 9.20. The van der Waals surface area contributed by atoms with Crippen LogP contribution in [0.25, 0.3) is 0 Å². The molecule has 2 heterocycles. The third-order valence-corrected chi connectivity index (χ3v) is 5.16. The molecule has 0 fully saturated rings. The first-order valence-electron chi connectivity index (χ1n) is 7.44. The summed E-state index contributed by atoms with van der Waals surface area (Å²) in [5.41, 5.74) is 1.24. The Bertz CT molecular complexity index is 976. The maximum atomic E-state index is 12.4. The largest absolute Gasteiger partial charge is 0.322 e. The lowest BCUT2D eigenvalue weighted by Crippen LogP contribution is -2.16. The number of nitro benzene ring substituents is 1. The average molecular weight is 387 g/mol. The van der Waals surface area contributed by atoms with Crippen molar-refractivity contribution < 1.29 is 14.5 Å². The molecule has 0 aliphatic heterocycles. The van der Waals surface area contributed by atoms with E-state index in [1.54, 1.807) is 22.9 Å². The second-order valence-corrected chi connectivity index (χ2v) is 7.35. The van der Waals surface area contributed by atoms with Gasteiger partial charge in [0, 0.05) is 28.1 Å². The van der Waals surface area contributed by atoms with Crippen molar-refractivity contribution in [2.24, 2.45) is 0 Å². The second kappa shape index (κ2) is 7.46. The highest BCUT2D eigenvalue weighted by molar-refractivity contribution is 7.14. The van der Waals surface area contributed by atoms with Gasteiger partial charge in [0.05, 0.1) is 16.1 Å². The number of carbonyl (C=O) groups excluding carboxylic acids is 2. The Labute approximate surface area is 156 Å². The maximum absolute atomic E-state index is 12.4. The zero-order chi connectivity index (χ0) is 18.7. The van der Waals surface area contributed by atoms with Gasteiger partial charge in [-0.2, -0.15) is 0 Å². The van der Waals surface area contributed by atoms with E-state index in [-0.39, 0.29) is 11.6 Å². The number of rotatable bonds is 5. The van der Waals surface area contributed by atoms with Crippen LogP contribution in [-0.2, 0) is 0 Å². The molecule has 0 saturated carbocycles. The number of aryl methyl sites for hydroxylation is 1. The molecule has 0 aliphatic carbocycles. The fourth-order valence-corrected chi connectivity index (χ4v) is 3.65. The molecule has 2 N–H and O–H groups in total. The molecule has 3 aromatic rings. The summed E-state index contributed by atoms with van der Waals surface area (Å²) in [7, 11) is 0. The molecule has 0 saturated heterocycles. The minimum absolute atomic E-state index is 0.0578. The van der Waals surface area contributed by atoms with E-state index in [0.717, 1.165) is 4.88 Å². The van der Waals surface area contributed by atoms with Crippen LogP contribution in [0.15, 0.2) is 47.2 Å². The summed E-state index contributed by atoms with van der Waals surface area (Å²) in [6.07, 6.45) is 0. The Morgan fingerprint density at radius 2 is 1.77 bits per heavy atom. The predicted molar refractivity (Wildman–Crippen MR) is 102 cm³/mol. The standard InChI is InChI=1S/C17H13N3O4S2/c1-10-8-11(9-26-10)15(21)19-17-14(6-7-25-17)16(22)18-12-2-4-13(5-3-12)20(23)24/h2-9H,1H3,(H,18,22)(H,19,21). The van der Waals surface area contributed by atoms with E-state index < -0.39 is 10.8 Å². The molecule has 9 heteroatoms. The molecule has 2 aromatic heterocycles. The molecule has 0 bridgehead atoms. The van der Waals surface area contributed by atoms with Crippen LogP contribution in [0.5, 0.6) is 0 Å². The van der Waals surface area contributed by atoms with Crippen molar-refractivity contribution in [3.8, 4) is 0 Å². The molecule has 0 spiro atoms. The average Bonchev–Trinajstić information content (AvgIpc) is 3.24. The van der Waals surface area contributed by atoms with E-state index >= 15 is 0 Å². The number of hydrogen-bond acceptors (Lipinski definition) is 6. The highest BCUT2D eigenvalue weighted by atomic mass is 32.1. The van der Waals surface area contributed by atoms with Gasteiger partial charge in [-0.15, -0.1) is 22.7 Å². The molecular formula is C17H13N3O4S2. The number of anilines is 2. The molecule has 1 aromatic carbocycles. The zero-order valence-electron chi connectivity index (χ0n) is 13.5. The summed E-state index contributed by atoms with van der Waals surface area (Å²) >= 11 is 2.72. The summed E-state index contributed by atoms with van der Waals surface area (Å²) in [6, 6.07) is 8.92. The molecular weight excluding hydrogens is 374 g/mol. The first-order chi connectivity index (χ1) is 12.4. The molecule has 132 valence electrons. The van der Waals surface area contributed by atoms with Crippen molar-refractivity contribution in [3.63, 3.8) is 0 Å². The Kier molecular flexibility index (Phi) is 5.10. The normalized spacial score (nSPS) is 10.3. The van der Waals surface area contributed by atoms with E-state index in [1.807, 2.05) is 6.92 Å². The van der Waals surface area contributed by atoms with Crippen LogP contribution < -0.4 is 10.6 Å². The van der Waals surface area contributed by atoms with Crippen molar-refractivity contribution in [1.29, 1.82) is 0 Å². The Balaban J connectivity index is 1.72. The van der Waals surface area contributed by atoms with Gasteiger partial charge >= 0.3 is 0 Å². The van der Waals surface area contributed by atoms with Gasteiger partial charge in [0.25, 0.3) is 17.5 Å². The van der Waals surface area contributed by atoms with Gasteiger partial charge in [-0.1, -0.05) is 0 Å². The van der Waals surface area contributed by atoms with E-state index in [1.165, 1.54) is 46.9 Å². The third kappa shape index (κ3) is 3.95. The van der Waals surface area contributed by atoms with Crippen molar-refractivity contribution in [3.05, 3.63) is 73.3 Å². The van der Waals surface area contributed by atoms with Gasteiger partial charge in [-0.05, 0) is 36.6 Å². The Morgan fingerprint density at radius 3 is 2.38 bits per heavy atom. The van der Waals surface area contributed by atoms with Gasteiger partial charge < -0.3 is 10.6 Å². The first kappa shape index (κ1) is 17.8. The number of amides is 2. The lowest BCUT2D eigenvalue weighted by Gasteiger charge is -2.07. The highest BCUT2D eigenvalue weighted by Gasteiger charge is 2.17. The summed E-state index contributed by atoms with van der Waals surface area (Å²) in [6.45, 7) is 1.91. The van der Waals surface area contributed by atoms with Crippen LogP contribution in [0.2, 0.25) is 0 Å². The van der Waals surface area contributed by atoms with Gasteiger partial charge in [-0.25, -0.2) is 0 Å². The number of nitro groups is 1. The summed E-state index contributed by atoms with van der Waals surface area (Å²) in [5.74, 6) is -0.682. The molecule has 2 amide bonds. The van der Waals surface area contributed by atoms with Crippen molar-refractivity contribution in [1.82, 2.24) is 0 Å². The van der Waals surface area contributed by atoms with Crippen molar-refractivity contribution >= 4 is 50.9 Å². The summed E-state index contributed by atoms with van der Waals surface area (Å²) < 4.78 is 0. The zero-order valence-corrected chi connectivity index (χ0v) is 15.1. The van der Waals surface area contributed by atoms with E-state index in [9.17, 15) is 19.7 Å². The smallest absolute Gasteiger partial charge is 0.269 e. The number of nitrogens with zero attached hydrogens (tertiary/aromatic N) is 1. The molecule has 3 rings (SSSR count). The summed E-state index contributed by atoms with van der Waals surface area (Å²) in [5, 5.41) is 20.0. The Hall–Kier alpha value is -3.04. The molecule has 0 unspecified atom stereocenters. The number of nitrogens with one attached hydrogen (secondary N) is 2. The van der Waals surface area contributed by atoms with Crippen LogP contribution >= 0.6 is 22.7 Å². The van der Waals surface area contributed by atoms with Crippen LogP contribution in [0, 0.1) is 17.0 Å². The molecule has 0 aliphatic rings. The summed E-state index contributed by atoms with van der Waals surface area (Å²) in [4.78, 5) is 35.9. The fraction of sp³-hybridized carbons (Fsp3) is 0.0588. The van der Waals surface area contributed by atoms with Crippen molar-refractivity contribution in [2.45, 2.75) is 6.92 Å². The van der Waals surface area contributed by atoms with Gasteiger partial charge in [0.15, 0.2) is 0 Å². The number of benzene rings is 1. The van der Waals surface area contributed by atoms with Gasteiger partial charge in [-0.3, -0.25) is 19.7 Å². The number of thiophene rings is 2. The molecule has 7 nitrogen and oxygen atoms in total. The minimum atomic E-state index is -0.510. The minimum Gasteiger partial charge on any atom is -0.322 e. The Morgan fingerprint density at radius 1 is 1.04 bits per heavy atom. The van der Waals surface area contributed by atoms with Crippen LogP contribution in [0.4, 0.5) is 16.4 Å². The van der Waals surface area contributed by atoms with Gasteiger partial charge in [0.1, 0.15) is 5.00 Å². The quantitative estimate of drug-likeness (QED) is 0.496. The fourth-order valence-electron chi connectivity index (χ4n) is 2.19. The van der Waals surface area contributed by atoms with E-state index in [2.05, 4.69) is 10.6 Å². The van der Waals surface area contributed by atoms with Crippen LogP contribution in [-0.4, -0.2) is 16.7 Å². The number of hydrogen-bond donors (Lipinski definition) is 2. The number of non-ortho nitro benzene ring substituents is 1. The van der Waals surface area contributed by atoms with E-state index in [4.69, 9.17) is 0 Å². The van der Waals surface area contributed by atoms with Gasteiger partial charge in [0.2, 0.25) is 0 Å². The second-order valence-electron chi connectivity index (χ2n) is 5.32. The van der Waals surface area contributed by atoms with E-state index in [0.29, 0.717) is 21.8 Å². The molecule has 0 radical (unpaired) electrons.